The van der Waals surface area contributed by atoms with E-state index in [0.717, 1.165) is 26.1 Å². The van der Waals surface area contributed by atoms with E-state index in [1.54, 1.807) is 0 Å². The first-order valence-corrected chi connectivity index (χ1v) is 6.59. The standard InChI is InChI=1S/C12H26N4.HI/c1-2-7-14-12(13)15-8-11-16-9-5-3-4-6-10-16;/h2-11H2,1H3,(H3,13,14,15);1H. The minimum absolute atomic E-state index is 0. The van der Waals surface area contributed by atoms with Crippen LogP contribution in [0.2, 0.25) is 0 Å². The van der Waals surface area contributed by atoms with Crippen molar-refractivity contribution in [2.24, 2.45) is 10.7 Å². The van der Waals surface area contributed by atoms with Crippen molar-refractivity contribution >= 4 is 29.9 Å². The lowest BCUT2D eigenvalue weighted by atomic mass is 10.2. The lowest BCUT2D eigenvalue weighted by Crippen LogP contribution is -2.39. The molecule has 0 saturated carbocycles. The molecule has 1 heterocycles. The second-order valence-corrected chi connectivity index (χ2v) is 4.45. The highest BCUT2D eigenvalue weighted by Crippen LogP contribution is 2.08. The number of hydrogen-bond acceptors (Lipinski definition) is 2. The summed E-state index contributed by atoms with van der Waals surface area (Å²) >= 11 is 0. The molecule has 1 fully saturated rings. The summed E-state index contributed by atoms with van der Waals surface area (Å²) in [5.41, 5.74) is 5.73. The van der Waals surface area contributed by atoms with Crippen LogP contribution in [0.3, 0.4) is 0 Å². The normalized spacial score (nSPS) is 18.3. The molecule has 1 aliphatic rings. The van der Waals surface area contributed by atoms with Crippen LogP contribution >= 0.6 is 24.0 Å². The van der Waals surface area contributed by atoms with E-state index in [4.69, 9.17) is 5.73 Å². The lowest BCUT2D eigenvalue weighted by Gasteiger charge is -2.19. The average Bonchev–Trinajstić information content (AvgIpc) is 2.55. The molecule has 0 spiro atoms. The van der Waals surface area contributed by atoms with E-state index in [9.17, 15) is 0 Å². The Bertz CT molecular complexity index is 201. The van der Waals surface area contributed by atoms with Gasteiger partial charge in [-0.05, 0) is 32.4 Å². The first-order chi connectivity index (χ1) is 7.83. The fourth-order valence-corrected chi connectivity index (χ4v) is 1.99. The average molecular weight is 354 g/mol. The van der Waals surface area contributed by atoms with Crippen molar-refractivity contribution in [2.75, 3.05) is 32.7 Å². The zero-order valence-electron chi connectivity index (χ0n) is 11.0. The van der Waals surface area contributed by atoms with E-state index in [2.05, 4.69) is 22.1 Å². The van der Waals surface area contributed by atoms with Crippen LogP contribution in [0.4, 0.5) is 0 Å². The molecule has 102 valence electrons. The molecule has 1 aliphatic heterocycles. The third-order valence-electron chi connectivity index (χ3n) is 2.94. The molecule has 0 unspecified atom stereocenters. The van der Waals surface area contributed by atoms with Gasteiger partial charge in [-0.1, -0.05) is 19.8 Å². The summed E-state index contributed by atoms with van der Waals surface area (Å²) in [6.45, 7) is 7.42. The molecule has 0 amide bonds. The van der Waals surface area contributed by atoms with Gasteiger partial charge in [-0.25, -0.2) is 0 Å². The smallest absolute Gasteiger partial charge is 0.188 e. The van der Waals surface area contributed by atoms with E-state index in [1.165, 1.54) is 38.8 Å². The molecule has 17 heavy (non-hydrogen) atoms. The molecule has 0 bridgehead atoms. The number of nitrogens with zero attached hydrogens (tertiary/aromatic N) is 2. The van der Waals surface area contributed by atoms with Gasteiger partial charge in [-0.3, -0.25) is 4.99 Å². The van der Waals surface area contributed by atoms with Crippen molar-refractivity contribution in [3.8, 4) is 0 Å². The topological polar surface area (TPSA) is 53.6 Å². The molecule has 5 heteroatoms. The minimum atomic E-state index is 0. The van der Waals surface area contributed by atoms with Crippen molar-refractivity contribution in [2.45, 2.75) is 39.0 Å². The zero-order chi connectivity index (χ0) is 11.6. The van der Waals surface area contributed by atoms with E-state index in [1.807, 2.05) is 0 Å². The van der Waals surface area contributed by atoms with E-state index in [0.29, 0.717) is 5.96 Å². The van der Waals surface area contributed by atoms with Crippen LogP contribution in [0.25, 0.3) is 0 Å². The predicted molar refractivity (Wildman–Crippen MR) is 85.1 cm³/mol. The molecule has 0 radical (unpaired) electrons. The number of hydrogen-bond donors (Lipinski definition) is 2. The molecule has 0 atom stereocenters. The van der Waals surface area contributed by atoms with Crippen LogP contribution in [-0.4, -0.2) is 43.6 Å². The number of nitrogens with two attached hydrogens (primary N) is 1. The Labute approximate surface area is 122 Å². The predicted octanol–water partition coefficient (Wildman–Crippen LogP) is 1.79. The second kappa shape index (κ2) is 11.1. The first-order valence-electron chi connectivity index (χ1n) is 6.59. The molecule has 3 N–H and O–H groups in total. The van der Waals surface area contributed by atoms with Gasteiger partial charge in [0, 0.05) is 19.6 Å². The van der Waals surface area contributed by atoms with Crippen LogP contribution in [0.15, 0.2) is 4.99 Å². The second-order valence-electron chi connectivity index (χ2n) is 4.45. The fraction of sp³-hybridized carbons (Fsp3) is 0.917. The number of aliphatic imine (C=N–C) groups is 1. The maximum absolute atomic E-state index is 5.73. The van der Waals surface area contributed by atoms with Crippen molar-refractivity contribution in [1.29, 1.82) is 0 Å². The third kappa shape index (κ3) is 8.65. The maximum Gasteiger partial charge on any atom is 0.188 e. The number of likely N-dealkylation sites (tertiary alicyclic amines) is 1. The van der Waals surface area contributed by atoms with Gasteiger partial charge in [-0.15, -0.1) is 24.0 Å². The zero-order valence-corrected chi connectivity index (χ0v) is 13.3. The van der Waals surface area contributed by atoms with Crippen LogP contribution in [0.5, 0.6) is 0 Å². The summed E-state index contributed by atoms with van der Waals surface area (Å²) in [7, 11) is 0. The Hall–Kier alpha value is -0.0400. The Morgan fingerprint density at radius 2 is 1.88 bits per heavy atom. The van der Waals surface area contributed by atoms with Crippen LogP contribution in [0.1, 0.15) is 39.0 Å². The Kier molecular flexibility index (Phi) is 11.0. The number of nitrogens with one attached hydrogen (secondary N) is 1. The highest BCUT2D eigenvalue weighted by molar-refractivity contribution is 14.0. The van der Waals surface area contributed by atoms with Crippen molar-refractivity contribution in [1.82, 2.24) is 10.2 Å². The Morgan fingerprint density at radius 3 is 2.47 bits per heavy atom. The number of guanidine groups is 1. The van der Waals surface area contributed by atoms with E-state index in [-0.39, 0.29) is 24.0 Å². The van der Waals surface area contributed by atoms with Crippen molar-refractivity contribution < 1.29 is 0 Å². The largest absolute Gasteiger partial charge is 0.370 e. The number of halogens is 1. The SMILES string of the molecule is CCCN=C(N)NCCN1CCCCCC1.I. The van der Waals surface area contributed by atoms with Crippen molar-refractivity contribution in [3.05, 3.63) is 0 Å². The van der Waals surface area contributed by atoms with Gasteiger partial charge in [0.25, 0.3) is 0 Å². The Balaban J connectivity index is 0.00000256. The molecular formula is C12H27IN4. The van der Waals surface area contributed by atoms with Gasteiger partial charge in [0.15, 0.2) is 5.96 Å². The summed E-state index contributed by atoms with van der Waals surface area (Å²) in [5, 5.41) is 3.17. The van der Waals surface area contributed by atoms with Gasteiger partial charge in [-0.2, -0.15) is 0 Å². The molecule has 0 aromatic heterocycles. The maximum atomic E-state index is 5.73. The highest BCUT2D eigenvalue weighted by atomic mass is 127. The van der Waals surface area contributed by atoms with Gasteiger partial charge in [0.05, 0.1) is 0 Å². The Morgan fingerprint density at radius 1 is 1.24 bits per heavy atom. The molecular weight excluding hydrogens is 327 g/mol. The van der Waals surface area contributed by atoms with Crippen LogP contribution in [-0.2, 0) is 0 Å². The monoisotopic (exact) mass is 354 g/mol. The molecule has 0 aromatic rings. The fourth-order valence-electron chi connectivity index (χ4n) is 1.99. The van der Waals surface area contributed by atoms with Gasteiger partial charge < -0.3 is 16.0 Å². The molecule has 1 rings (SSSR count). The summed E-state index contributed by atoms with van der Waals surface area (Å²) in [6, 6.07) is 0. The summed E-state index contributed by atoms with van der Waals surface area (Å²) in [5.74, 6) is 0.594. The van der Waals surface area contributed by atoms with Crippen LogP contribution in [0, 0.1) is 0 Å². The lowest BCUT2D eigenvalue weighted by molar-refractivity contribution is 0.289. The minimum Gasteiger partial charge on any atom is -0.370 e. The molecule has 0 aliphatic carbocycles. The van der Waals surface area contributed by atoms with Crippen molar-refractivity contribution in [3.63, 3.8) is 0 Å². The molecule has 0 aromatic carbocycles. The summed E-state index contributed by atoms with van der Waals surface area (Å²) < 4.78 is 0. The summed E-state index contributed by atoms with van der Waals surface area (Å²) in [4.78, 5) is 6.73. The highest BCUT2D eigenvalue weighted by Gasteiger charge is 2.07. The number of rotatable bonds is 5. The van der Waals surface area contributed by atoms with E-state index >= 15 is 0 Å². The van der Waals surface area contributed by atoms with Gasteiger partial charge in [0.1, 0.15) is 0 Å². The van der Waals surface area contributed by atoms with Crippen LogP contribution < -0.4 is 11.1 Å². The molecule has 4 nitrogen and oxygen atoms in total. The third-order valence-corrected chi connectivity index (χ3v) is 2.94. The quantitative estimate of drug-likeness (QED) is 0.450. The first kappa shape index (κ1) is 17.0. The molecule has 1 saturated heterocycles. The van der Waals surface area contributed by atoms with Gasteiger partial charge >= 0.3 is 0 Å². The van der Waals surface area contributed by atoms with E-state index < -0.39 is 0 Å². The summed E-state index contributed by atoms with van der Waals surface area (Å²) in [6.07, 6.45) is 6.53. The van der Waals surface area contributed by atoms with Gasteiger partial charge in [0.2, 0.25) is 0 Å².